The molecule has 6 heteroatoms. The molecule has 0 radical (unpaired) electrons. The number of benzene rings is 1. The highest BCUT2D eigenvalue weighted by Crippen LogP contribution is 2.13. The normalized spacial score (nSPS) is 13.6. The first-order valence-electron chi connectivity index (χ1n) is 6.61. The minimum Gasteiger partial charge on any atom is -0.366 e. The lowest BCUT2D eigenvalue weighted by Gasteiger charge is -2.18. The summed E-state index contributed by atoms with van der Waals surface area (Å²) in [6.45, 7) is 2.37. The van der Waals surface area contributed by atoms with Gasteiger partial charge >= 0.3 is 0 Å². The van der Waals surface area contributed by atoms with Gasteiger partial charge in [0.25, 0.3) is 0 Å². The zero-order valence-corrected chi connectivity index (χ0v) is 11.6. The molecule has 0 aromatic heterocycles. The van der Waals surface area contributed by atoms with E-state index in [1.54, 1.807) is 24.3 Å². The molecule has 0 bridgehead atoms. The first kappa shape index (κ1) is 16.1. The van der Waals surface area contributed by atoms with Crippen molar-refractivity contribution in [1.29, 1.82) is 0 Å². The highest BCUT2D eigenvalue weighted by atomic mass is 16.2. The molecule has 1 aromatic rings. The van der Waals surface area contributed by atoms with Crippen LogP contribution in [0.2, 0.25) is 0 Å². The SMILES string of the molecule is CC(NC(=O)[C@H](N)CCCN)c1ccc(C(N)=O)cc1. The van der Waals surface area contributed by atoms with Crippen LogP contribution in [0, 0.1) is 0 Å². The Hall–Kier alpha value is -1.92. The molecule has 0 fully saturated rings. The lowest BCUT2D eigenvalue weighted by atomic mass is 10.0. The molecule has 2 amide bonds. The Balaban J connectivity index is 2.59. The van der Waals surface area contributed by atoms with Gasteiger partial charge in [0.15, 0.2) is 0 Å². The van der Waals surface area contributed by atoms with Crippen molar-refractivity contribution in [2.45, 2.75) is 31.8 Å². The molecule has 0 spiro atoms. The predicted molar refractivity (Wildman–Crippen MR) is 77.8 cm³/mol. The van der Waals surface area contributed by atoms with E-state index in [1.165, 1.54) is 0 Å². The molecular weight excluding hydrogens is 256 g/mol. The van der Waals surface area contributed by atoms with Crippen molar-refractivity contribution in [1.82, 2.24) is 5.32 Å². The lowest BCUT2D eigenvalue weighted by Crippen LogP contribution is -2.41. The molecule has 0 aliphatic carbocycles. The van der Waals surface area contributed by atoms with E-state index >= 15 is 0 Å². The van der Waals surface area contributed by atoms with Gasteiger partial charge in [-0.3, -0.25) is 9.59 Å². The molecule has 0 saturated carbocycles. The Kier molecular flexibility index (Phi) is 6.14. The van der Waals surface area contributed by atoms with Gasteiger partial charge in [0.2, 0.25) is 11.8 Å². The number of carbonyl (C=O) groups excluding carboxylic acids is 2. The van der Waals surface area contributed by atoms with Crippen LogP contribution in [0.3, 0.4) is 0 Å². The topological polar surface area (TPSA) is 124 Å². The van der Waals surface area contributed by atoms with Crippen LogP contribution in [0.1, 0.15) is 41.7 Å². The third-order valence-electron chi connectivity index (χ3n) is 3.11. The van der Waals surface area contributed by atoms with Crippen LogP contribution in [-0.2, 0) is 4.79 Å². The van der Waals surface area contributed by atoms with Gasteiger partial charge in [0.1, 0.15) is 0 Å². The minimum atomic E-state index is -0.550. The third-order valence-corrected chi connectivity index (χ3v) is 3.11. The Morgan fingerprint density at radius 2 is 1.85 bits per heavy atom. The lowest BCUT2D eigenvalue weighted by molar-refractivity contribution is -0.123. The zero-order chi connectivity index (χ0) is 15.1. The van der Waals surface area contributed by atoms with E-state index in [1.807, 2.05) is 6.92 Å². The summed E-state index contributed by atoms with van der Waals surface area (Å²) >= 11 is 0. The second-order valence-corrected chi connectivity index (χ2v) is 4.75. The van der Waals surface area contributed by atoms with E-state index in [-0.39, 0.29) is 11.9 Å². The van der Waals surface area contributed by atoms with E-state index in [4.69, 9.17) is 17.2 Å². The van der Waals surface area contributed by atoms with Crippen molar-refractivity contribution in [2.75, 3.05) is 6.54 Å². The summed E-state index contributed by atoms with van der Waals surface area (Å²) in [5.74, 6) is -0.679. The van der Waals surface area contributed by atoms with Crippen molar-refractivity contribution in [3.05, 3.63) is 35.4 Å². The fourth-order valence-corrected chi connectivity index (χ4v) is 1.81. The molecule has 7 N–H and O–H groups in total. The molecule has 110 valence electrons. The van der Waals surface area contributed by atoms with Crippen LogP contribution < -0.4 is 22.5 Å². The van der Waals surface area contributed by atoms with Gasteiger partial charge in [-0.25, -0.2) is 0 Å². The molecule has 0 aliphatic rings. The summed E-state index contributed by atoms with van der Waals surface area (Å²) in [6.07, 6.45) is 1.28. The maximum Gasteiger partial charge on any atom is 0.248 e. The standard InChI is InChI=1S/C14H22N4O2/c1-9(18-14(20)12(16)3-2-8-15)10-4-6-11(7-5-10)13(17)19/h4-7,9,12H,2-3,8,15-16H2,1H3,(H2,17,19)(H,18,20)/t9?,12-/m1/s1. The quantitative estimate of drug-likeness (QED) is 0.561. The van der Waals surface area contributed by atoms with E-state index in [0.29, 0.717) is 18.5 Å². The van der Waals surface area contributed by atoms with Crippen molar-refractivity contribution in [3.63, 3.8) is 0 Å². The molecule has 1 aromatic carbocycles. The minimum absolute atomic E-state index is 0.187. The van der Waals surface area contributed by atoms with E-state index in [2.05, 4.69) is 5.32 Å². The first-order valence-corrected chi connectivity index (χ1v) is 6.61. The molecule has 6 nitrogen and oxygen atoms in total. The summed E-state index contributed by atoms with van der Waals surface area (Å²) in [7, 11) is 0. The number of hydrogen-bond donors (Lipinski definition) is 4. The first-order chi connectivity index (χ1) is 9.45. The van der Waals surface area contributed by atoms with Crippen LogP contribution in [0.4, 0.5) is 0 Å². The number of carbonyl (C=O) groups is 2. The maximum atomic E-state index is 11.9. The summed E-state index contributed by atoms with van der Waals surface area (Å²) in [6, 6.07) is 6.05. The summed E-state index contributed by atoms with van der Waals surface area (Å²) in [4.78, 5) is 22.8. The van der Waals surface area contributed by atoms with Gasteiger partial charge in [-0.1, -0.05) is 12.1 Å². The van der Waals surface area contributed by atoms with Crippen LogP contribution in [0.25, 0.3) is 0 Å². The Bertz CT molecular complexity index is 459. The largest absolute Gasteiger partial charge is 0.366 e. The van der Waals surface area contributed by atoms with E-state index in [0.717, 1.165) is 12.0 Å². The fraction of sp³-hybridized carbons (Fsp3) is 0.429. The number of hydrogen-bond acceptors (Lipinski definition) is 4. The smallest absolute Gasteiger partial charge is 0.248 e. The Morgan fingerprint density at radius 3 is 2.35 bits per heavy atom. The second-order valence-electron chi connectivity index (χ2n) is 4.75. The average Bonchev–Trinajstić information content (AvgIpc) is 2.44. The van der Waals surface area contributed by atoms with Crippen molar-refractivity contribution >= 4 is 11.8 Å². The monoisotopic (exact) mass is 278 g/mol. The number of rotatable bonds is 7. The van der Waals surface area contributed by atoms with Crippen LogP contribution in [0.5, 0.6) is 0 Å². The summed E-state index contributed by atoms with van der Waals surface area (Å²) < 4.78 is 0. The van der Waals surface area contributed by atoms with Crippen LogP contribution in [-0.4, -0.2) is 24.4 Å². The van der Waals surface area contributed by atoms with Crippen molar-refractivity contribution in [2.24, 2.45) is 17.2 Å². The van der Waals surface area contributed by atoms with Gasteiger partial charge in [-0.15, -0.1) is 0 Å². The third kappa shape index (κ3) is 4.64. The number of amides is 2. The molecule has 2 atom stereocenters. The molecular formula is C14H22N4O2. The highest BCUT2D eigenvalue weighted by Gasteiger charge is 2.16. The Labute approximate surface area is 118 Å². The maximum absolute atomic E-state index is 11.9. The summed E-state index contributed by atoms with van der Waals surface area (Å²) in [5, 5.41) is 2.83. The van der Waals surface area contributed by atoms with Crippen molar-refractivity contribution < 1.29 is 9.59 Å². The molecule has 1 unspecified atom stereocenters. The van der Waals surface area contributed by atoms with Gasteiger partial charge in [0, 0.05) is 5.56 Å². The fourth-order valence-electron chi connectivity index (χ4n) is 1.81. The second kappa shape index (κ2) is 7.62. The molecule has 1 rings (SSSR count). The summed E-state index contributed by atoms with van der Waals surface area (Å²) in [5.41, 5.74) is 17.6. The highest BCUT2D eigenvalue weighted by molar-refractivity contribution is 5.92. The zero-order valence-electron chi connectivity index (χ0n) is 11.6. The number of primary amides is 1. The van der Waals surface area contributed by atoms with Gasteiger partial charge in [-0.2, -0.15) is 0 Å². The number of nitrogens with one attached hydrogen (secondary N) is 1. The molecule has 20 heavy (non-hydrogen) atoms. The Morgan fingerprint density at radius 1 is 1.25 bits per heavy atom. The number of nitrogens with two attached hydrogens (primary N) is 3. The van der Waals surface area contributed by atoms with Crippen LogP contribution >= 0.6 is 0 Å². The average molecular weight is 278 g/mol. The van der Waals surface area contributed by atoms with Crippen LogP contribution in [0.15, 0.2) is 24.3 Å². The molecule has 0 heterocycles. The molecule has 0 saturated heterocycles. The van der Waals surface area contributed by atoms with Crippen molar-refractivity contribution in [3.8, 4) is 0 Å². The molecule has 0 aliphatic heterocycles. The van der Waals surface area contributed by atoms with Gasteiger partial charge in [0.05, 0.1) is 12.1 Å². The van der Waals surface area contributed by atoms with Gasteiger partial charge in [-0.05, 0) is 44.0 Å². The van der Waals surface area contributed by atoms with E-state index in [9.17, 15) is 9.59 Å². The van der Waals surface area contributed by atoms with Gasteiger partial charge < -0.3 is 22.5 Å². The predicted octanol–water partition coefficient (Wildman–Crippen LogP) is 0.0289. The van der Waals surface area contributed by atoms with E-state index < -0.39 is 11.9 Å².